The highest BCUT2D eigenvalue weighted by atomic mass is 19.3. The van der Waals surface area contributed by atoms with Crippen molar-refractivity contribution in [3.05, 3.63) is 28.6 Å². The first kappa shape index (κ1) is 13.5. The van der Waals surface area contributed by atoms with Gasteiger partial charge in [-0.15, -0.1) is 0 Å². The van der Waals surface area contributed by atoms with Crippen LogP contribution in [0.1, 0.15) is 28.9 Å². The van der Waals surface area contributed by atoms with Gasteiger partial charge in [-0.25, -0.2) is 8.78 Å². The van der Waals surface area contributed by atoms with Gasteiger partial charge in [0.15, 0.2) is 0 Å². The summed E-state index contributed by atoms with van der Waals surface area (Å²) in [5.74, 6) is -0.495. The van der Waals surface area contributed by atoms with Crippen molar-refractivity contribution in [3.8, 4) is 0 Å². The van der Waals surface area contributed by atoms with E-state index in [-0.39, 0.29) is 24.2 Å². The van der Waals surface area contributed by atoms with Crippen LogP contribution in [0.3, 0.4) is 0 Å². The second kappa shape index (κ2) is 5.67. The fraction of sp³-hybridized carbons (Fsp3) is 0.455. The van der Waals surface area contributed by atoms with E-state index in [1.54, 1.807) is 13.0 Å². The van der Waals surface area contributed by atoms with Gasteiger partial charge < -0.3 is 10.5 Å². The zero-order valence-electron chi connectivity index (χ0n) is 9.67. The molecule has 0 unspecified atom stereocenters. The molecule has 0 aliphatic carbocycles. The lowest BCUT2D eigenvalue weighted by Crippen LogP contribution is -2.13. The van der Waals surface area contributed by atoms with Crippen LogP contribution >= 0.6 is 0 Å². The summed E-state index contributed by atoms with van der Waals surface area (Å²) in [6.07, 6.45) is -2.78. The summed E-state index contributed by atoms with van der Waals surface area (Å²) in [4.78, 5) is 14.9. The number of pyridine rings is 1. The number of esters is 1. The first-order valence-corrected chi connectivity index (χ1v) is 5.04. The number of nitrogens with two attached hydrogens (primary N) is 1. The van der Waals surface area contributed by atoms with Crippen LogP contribution in [0, 0.1) is 6.92 Å². The fourth-order valence-electron chi connectivity index (χ4n) is 1.60. The number of methoxy groups -OCH3 is 1. The minimum atomic E-state index is -2.70. The molecule has 0 aliphatic heterocycles. The van der Waals surface area contributed by atoms with E-state index in [1.165, 1.54) is 7.11 Å². The average molecular weight is 244 g/mol. The molecule has 6 heteroatoms. The number of ether oxygens (including phenoxy) is 1. The molecule has 1 heterocycles. The molecule has 1 rings (SSSR count). The lowest BCUT2D eigenvalue weighted by atomic mass is 10.0. The summed E-state index contributed by atoms with van der Waals surface area (Å²) in [7, 11) is 1.24. The molecule has 2 N–H and O–H groups in total. The van der Waals surface area contributed by atoms with Gasteiger partial charge in [-0.2, -0.15) is 0 Å². The van der Waals surface area contributed by atoms with E-state index in [4.69, 9.17) is 5.73 Å². The molecule has 0 saturated heterocycles. The quantitative estimate of drug-likeness (QED) is 0.815. The minimum absolute atomic E-state index is 0.0773. The highest BCUT2D eigenvalue weighted by Crippen LogP contribution is 2.24. The molecular formula is C11H14F2N2O2. The molecule has 94 valence electrons. The summed E-state index contributed by atoms with van der Waals surface area (Å²) < 4.78 is 30.0. The lowest BCUT2D eigenvalue weighted by molar-refractivity contribution is -0.139. The standard InChI is InChI=1S/C11H14F2N2O2/c1-6-3-7(4-9(16)17-2)8(5-14)10(15-6)11(12)13/h3,11H,4-5,14H2,1-2H3. The van der Waals surface area contributed by atoms with Crippen molar-refractivity contribution in [3.63, 3.8) is 0 Å². The van der Waals surface area contributed by atoms with E-state index < -0.39 is 12.4 Å². The van der Waals surface area contributed by atoms with Crippen molar-refractivity contribution in [1.29, 1.82) is 0 Å². The molecule has 0 bridgehead atoms. The van der Waals surface area contributed by atoms with Crippen molar-refractivity contribution in [2.45, 2.75) is 26.3 Å². The molecule has 17 heavy (non-hydrogen) atoms. The van der Waals surface area contributed by atoms with Crippen LogP contribution in [-0.2, 0) is 22.5 Å². The van der Waals surface area contributed by atoms with Gasteiger partial charge in [0, 0.05) is 12.2 Å². The number of hydrogen-bond donors (Lipinski definition) is 1. The third kappa shape index (κ3) is 3.20. The van der Waals surface area contributed by atoms with Crippen molar-refractivity contribution < 1.29 is 18.3 Å². The van der Waals surface area contributed by atoms with E-state index >= 15 is 0 Å². The van der Waals surface area contributed by atoms with E-state index in [9.17, 15) is 13.6 Å². The molecule has 0 fully saturated rings. The zero-order chi connectivity index (χ0) is 13.0. The van der Waals surface area contributed by atoms with Crippen molar-refractivity contribution in [2.75, 3.05) is 7.11 Å². The molecule has 0 radical (unpaired) electrons. The van der Waals surface area contributed by atoms with Crippen molar-refractivity contribution in [2.24, 2.45) is 5.73 Å². The zero-order valence-corrected chi connectivity index (χ0v) is 9.67. The normalized spacial score (nSPS) is 10.7. The fourth-order valence-corrected chi connectivity index (χ4v) is 1.60. The second-order valence-corrected chi connectivity index (χ2v) is 3.54. The van der Waals surface area contributed by atoms with Gasteiger partial charge in [0.25, 0.3) is 6.43 Å². The number of halogens is 2. The molecular weight excluding hydrogens is 230 g/mol. The summed E-state index contributed by atoms with van der Waals surface area (Å²) in [5.41, 5.74) is 6.17. The first-order valence-electron chi connectivity index (χ1n) is 5.04. The SMILES string of the molecule is COC(=O)Cc1cc(C)nc(C(F)F)c1CN. The molecule has 0 saturated carbocycles. The van der Waals surface area contributed by atoms with Crippen LogP contribution in [0.2, 0.25) is 0 Å². The van der Waals surface area contributed by atoms with Gasteiger partial charge in [0.2, 0.25) is 0 Å². The Morgan fingerprint density at radius 3 is 2.71 bits per heavy atom. The van der Waals surface area contributed by atoms with Gasteiger partial charge >= 0.3 is 5.97 Å². The van der Waals surface area contributed by atoms with Crippen LogP contribution in [0.25, 0.3) is 0 Å². The summed E-state index contributed by atoms with van der Waals surface area (Å²) in [6, 6.07) is 1.57. The Balaban J connectivity index is 3.23. The maximum absolute atomic E-state index is 12.8. The van der Waals surface area contributed by atoms with Gasteiger partial charge in [0.1, 0.15) is 5.69 Å². The van der Waals surface area contributed by atoms with Crippen LogP contribution < -0.4 is 5.73 Å². The smallest absolute Gasteiger partial charge is 0.309 e. The molecule has 0 atom stereocenters. The van der Waals surface area contributed by atoms with Gasteiger partial charge in [0.05, 0.1) is 13.5 Å². The van der Waals surface area contributed by atoms with Gasteiger partial charge in [-0.1, -0.05) is 0 Å². The molecule has 0 aliphatic rings. The highest BCUT2D eigenvalue weighted by molar-refractivity contribution is 5.73. The number of alkyl halides is 2. The third-order valence-electron chi connectivity index (χ3n) is 2.35. The maximum Gasteiger partial charge on any atom is 0.309 e. The molecule has 1 aromatic heterocycles. The van der Waals surface area contributed by atoms with E-state index in [0.717, 1.165) is 0 Å². The van der Waals surface area contributed by atoms with Gasteiger partial charge in [-0.05, 0) is 24.1 Å². The number of aryl methyl sites for hydroxylation is 1. The Bertz CT molecular complexity index is 422. The number of rotatable bonds is 4. The summed E-state index contributed by atoms with van der Waals surface area (Å²) in [5, 5.41) is 0. The minimum Gasteiger partial charge on any atom is -0.469 e. The summed E-state index contributed by atoms with van der Waals surface area (Å²) >= 11 is 0. The molecule has 4 nitrogen and oxygen atoms in total. The number of carbonyl (C=O) groups excluding carboxylic acids is 1. The molecule has 0 amide bonds. The Morgan fingerprint density at radius 1 is 1.59 bits per heavy atom. The predicted molar refractivity (Wildman–Crippen MR) is 57.5 cm³/mol. The Morgan fingerprint density at radius 2 is 2.24 bits per heavy atom. The van der Waals surface area contributed by atoms with E-state index in [1.807, 2.05) is 0 Å². The van der Waals surface area contributed by atoms with Crippen LogP contribution in [0.4, 0.5) is 8.78 Å². The number of carbonyl (C=O) groups is 1. The van der Waals surface area contributed by atoms with Crippen LogP contribution in [-0.4, -0.2) is 18.1 Å². The van der Waals surface area contributed by atoms with Crippen LogP contribution in [0.5, 0.6) is 0 Å². The first-order chi connectivity index (χ1) is 7.99. The largest absolute Gasteiger partial charge is 0.469 e. The van der Waals surface area contributed by atoms with E-state index in [2.05, 4.69) is 9.72 Å². The second-order valence-electron chi connectivity index (χ2n) is 3.54. The molecule has 0 spiro atoms. The number of hydrogen-bond acceptors (Lipinski definition) is 4. The Hall–Kier alpha value is -1.56. The molecule has 1 aromatic rings. The predicted octanol–water partition coefficient (Wildman–Crippen LogP) is 1.50. The average Bonchev–Trinajstić information content (AvgIpc) is 2.28. The topological polar surface area (TPSA) is 65.2 Å². The Labute approximate surface area is 97.8 Å². The van der Waals surface area contributed by atoms with Crippen LogP contribution in [0.15, 0.2) is 6.07 Å². The number of nitrogens with zero attached hydrogens (tertiary/aromatic N) is 1. The Kier molecular flexibility index (Phi) is 4.51. The maximum atomic E-state index is 12.8. The lowest BCUT2D eigenvalue weighted by Gasteiger charge is -2.12. The monoisotopic (exact) mass is 244 g/mol. The van der Waals surface area contributed by atoms with E-state index in [0.29, 0.717) is 11.3 Å². The third-order valence-corrected chi connectivity index (χ3v) is 2.35. The van der Waals surface area contributed by atoms with Gasteiger partial charge in [-0.3, -0.25) is 9.78 Å². The van der Waals surface area contributed by atoms with Crippen molar-refractivity contribution >= 4 is 5.97 Å². The number of aromatic nitrogens is 1. The highest BCUT2D eigenvalue weighted by Gasteiger charge is 2.19. The molecule has 0 aromatic carbocycles. The summed E-state index contributed by atoms with van der Waals surface area (Å²) in [6.45, 7) is 1.51. The van der Waals surface area contributed by atoms with Crippen molar-refractivity contribution in [1.82, 2.24) is 4.98 Å².